The van der Waals surface area contributed by atoms with Crippen LogP contribution in [0.2, 0.25) is 0 Å². The standard InChI is InChI=1S/C26H30O3/c1-2-26(28,20-12-11-15-21-13-5-3-6-14-21)25(27)29-24-19-10-9-18-23(24)22-16-7-4-8-17-22/h2-8,12-14,16-17,20,23-24,28H,1,9-11,15,18-19H2/t23-,24+,26+/m0/s1. The quantitative estimate of drug-likeness (QED) is 0.487. The van der Waals surface area contributed by atoms with E-state index in [-0.39, 0.29) is 12.0 Å². The molecule has 0 amide bonds. The number of ether oxygens (including phenoxy) is 1. The van der Waals surface area contributed by atoms with Crippen molar-refractivity contribution in [3.63, 3.8) is 0 Å². The monoisotopic (exact) mass is 390 g/mol. The van der Waals surface area contributed by atoms with Crippen molar-refractivity contribution in [3.8, 4) is 0 Å². The van der Waals surface area contributed by atoms with Crippen molar-refractivity contribution >= 4 is 5.97 Å². The van der Waals surface area contributed by atoms with Gasteiger partial charge in [0.2, 0.25) is 0 Å². The average Bonchev–Trinajstić information content (AvgIpc) is 2.78. The SMILES string of the molecule is C=C[C@@](O)(C=CCCc1ccccc1)C(=O)O[C@@H]1CCCC[C@H]1c1ccccc1. The molecule has 0 heterocycles. The Kier molecular flexibility index (Phi) is 7.42. The fraction of sp³-hybridized carbons (Fsp3) is 0.346. The predicted octanol–water partition coefficient (Wildman–Crippen LogP) is 5.36. The Hall–Kier alpha value is -2.65. The zero-order valence-corrected chi connectivity index (χ0v) is 16.9. The maximum atomic E-state index is 12.8. The molecule has 1 N–H and O–H groups in total. The van der Waals surface area contributed by atoms with Gasteiger partial charge in [-0.15, -0.1) is 0 Å². The molecule has 3 heteroatoms. The molecule has 2 aromatic carbocycles. The van der Waals surface area contributed by atoms with Crippen molar-refractivity contribution in [2.45, 2.75) is 56.1 Å². The third kappa shape index (κ3) is 5.68. The highest BCUT2D eigenvalue weighted by atomic mass is 16.6. The molecule has 0 bridgehead atoms. The maximum absolute atomic E-state index is 12.8. The lowest BCUT2D eigenvalue weighted by molar-refractivity contribution is -0.164. The van der Waals surface area contributed by atoms with Gasteiger partial charge in [-0.05, 0) is 55.4 Å². The van der Waals surface area contributed by atoms with Crippen LogP contribution in [0.25, 0.3) is 0 Å². The fourth-order valence-corrected chi connectivity index (χ4v) is 3.93. The Labute approximate surface area is 173 Å². The van der Waals surface area contributed by atoms with E-state index >= 15 is 0 Å². The van der Waals surface area contributed by atoms with Gasteiger partial charge in [-0.25, -0.2) is 4.79 Å². The summed E-state index contributed by atoms with van der Waals surface area (Å²) in [7, 11) is 0. The van der Waals surface area contributed by atoms with Crippen LogP contribution in [0.1, 0.15) is 49.1 Å². The Morgan fingerprint density at radius 2 is 1.72 bits per heavy atom. The van der Waals surface area contributed by atoms with Gasteiger partial charge in [-0.3, -0.25) is 0 Å². The maximum Gasteiger partial charge on any atom is 0.346 e. The Bertz CT molecular complexity index is 812. The van der Waals surface area contributed by atoms with Crippen LogP contribution in [0.3, 0.4) is 0 Å². The van der Waals surface area contributed by atoms with Gasteiger partial charge in [-0.1, -0.05) is 79.7 Å². The second kappa shape index (κ2) is 10.2. The van der Waals surface area contributed by atoms with Crippen LogP contribution < -0.4 is 0 Å². The van der Waals surface area contributed by atoms with E-state index in [0.717, 1.165) is 38.5 Å². The smallest absolute Gasteiger partial charge is 0.346 e. The van der Waals surface area contributed by atoms with Gasteiger partial charge >= 0.3 is 5.97 Å². The van der Waals surface area contributed by atoms with E-state index in [1.54, 1.807) is 0 Å². The van der Waals surface area contributed by atoms with Crippen molar-refractivity contribution in [3.05, 3.63) is 96.6 Å². The highest BCUT2D eigenvalue weighted by Crippen LogP contribution is 2.35. The number of carbonyl (C=O) groups is 1. The molecule has 1 aliphatic carbocycles. The van der Waals surface area contributed by atoms with Crippen LogP contribution in [0.5, 0.6) is 0 Å². The topological polar surface area (TPSA) is 46.5 Å². The van der Waals surface area contributed by atoms with Gasteiger partial charge in [0, 0.05) is 5.92 Å². The van der Waals surface area contributed by atoms with Gasteiger partial charge in [0.25, 0.3) is 0 Å². The minimum absolute atomic E-state index is 0.171. The summed E-state index contributed by atoms with van der Waals surface area (Å²) in [5, 5.41) is 10.8. The summed E-state index contributed by atoms with van der Waals surface area (Å²) in [4.78, 5) is 12.8. The molecule has 0 aromatic heterocycles. The number of hydrogen-bond acceptors (Lipinski definition) is 3. The highest BCUT2D eigenvalue weighted by molar-refractivity contribution is 5.84. The molecule has 3 nitrogen and oxygen atoms in total. The molecular weight excluding hydrogens is 360 g/mol. The minimum atomic E-state index is -1.80. The molecular formula is C26H30O3. The number of benzene rings is 2. The lowest BCUT2D eigenvalue weighted by Gasteiger charge is -2.33. The zero-order valence-electron chi connectivity index (χ0n) is 16.9. The summed E-state index contributed by atoms with van der Waals surface area (Å²) in [6, 6.07) is 20.3. The van der Waals surface area contributed by atoms with Crippen LogP contribution in [0.15, 0.2) is 85.5 Å². The number of hydrogen-bond donors (Lipinski definition) is 1. The van der Waals surface area contributed by atoms with Crippen LogP contribution >= 0.6 is 0 Å². The lowest BCUT2D eigenvalue weighted by atomic mass is 9.81. The first-order valence-electron chi connectivity index (χ1n) is 10.5. The summed E-state index contributed by atoms with van der Waals surface area (Å²) in [6.45, 7) is 3.66. The normalized spacial score (nSPS) is 21.4. The van der Waals surface area contributed by atoms with E-state index in [0.29, 0.717) is 0 Å². The lowest BCUT2D eigenvalue weighted by Crippen LogP contribution is -2.40. The molecule has 0 unspecified atom stereocenters. The van der Waals surface area contributed by atoms with Gasteiger partial charge in [-0.2, -0.15) is 0 Å². The van der Waals surface area contributed by atoms with Crippen LogP contribution in [-0.4, -0.2) is 22.8 Å². The van der Waals surface area contributed by atoms with Crippen LogP contribution in [0.4, 0.5) is 0 Å². The summed E-state index contributed by atoms with van der Waals surface area (Å²) in [5.41, 5.74) is 0.607. The molecule has 3 rings (SSSR count). The van der Waals surface area contributed by atoms with E-state index in [2.05, 4.69) is 30.8 Å². The molecule has 0 spiro atoms. The molecule has 0 saturated heterocycles. The van der Waals surface area contributed by atoms with E-state index in [9.17, 15) is 9.90 Å². The molecule has 3 atom stereocenters. The molecule has 0 radical (unpaired) electrons. The van der Waals surface area contributed by atoms with Crippen LogP contribution in [0, 0.1) is 0 Å². The number of aryl methyl sites for hydroxylation is 1. The van der Waals surface area contributed by atoms with E-state index in [1.165, 1.54) is 23.3 Å². The molecule has 0 aliphatic heterocycles. The largest absolute Gasteiger partial charge is 0.459 e. The van der Waals surface area contributed by atoms with Gasteiger partial charge in [0.05, 0.1) is 0 Å². The molecule has 1 aliphatic rings. The number of allylic oxidation sites excluding steroid dienone is 1. The molecule has 29 heavy (non-hydrogen) atoms. The number of esters is 1. The van der Waals surface area contributed by atoms with Crippen molar-refractivity contribution in [2.24, 2.45) is 0 Å². The second-order valence-electron chi connectivity index (χ2n) is 7.70. The Balaban J connectivity index is 1.62. The highest BCUT2D eigenvalue weighted by Gasteiger charge is 2.36. The summed E-state index contributed by atoms with van der Waals surface area (Å²) >= 11 is 0. The molecule has 2 aromatic rings. The minimum Gasteiger partial charge on any atom is -0.459 e. The Morgan fingerprint density at radius 1 is 1.07 bits per heavy atom. The number of carbonyl (C=O) groups excluding carboxylic acids is 1. The number of aliphatic hydroxyl groups is 1. The third-order valence-electron chi connectivity index (χ3n) is 5.64. The molecule has 1 saturated carbocycles. The summed E-state index contributed by atoms with van der Waals surface area (Å²) in [5.74, 6) is -0.471. The molecule has 1 fully saturated rings. The zero-order chi connectivity index (χ0) is 20.5. The van der Waals surface area contributed by atoms with Gasteiger partial charge in [0.15, 0.2) is 5.60 Å². The van der Waals surface area contributed by atoms with E-state index in [4.69, 9.17) is 4.74 Å². The van der Waals surface area contributed by atoms with Gasteiger partial charge in [0.1, 0.15) is 6.10 Å². The van der Waals surface area contributed by atoms with E-state index < -0.39 is 11.6 Å². The first kappa shape index (κ1) is 21.1. The van der Waals surface area contributed by atoms with Crippen molar-refractivity contribution in [1.82, 2.24) is 0 Å². The number of rotatable bonds is 8. The molecule has 152 valence electrons. The van der Waals surface area contributed by atoms with Crippen LogP contribution in [-0.2, 0) is 16.0 Å². The predicted molar refractivity (Wildman–Crippen MR) is 117 cm³/mol. The average molecular weight is 391 g/mol. The second-order valence-corrected chi connectivity index (χ2v) is 7.70. The van der Waals surface area contributed by atoms with Crippen molar-refractivity contribution in [2.75, 3.05) is 0 Å². The van der Waals surface area contributed by atoms with Crippen molar-refractivity contribution in [1.29, 1.82) is 0 Å². The van der Waals surface area contributed by atoms with E-state index in [1.807, 2.05) is 42.5 Å². The van der Waals surface area contributed by atoms with Gasteiger partial charge < -0.3 is 9.84 Å². The third-order valence-corrected chi connectivity index (χ3v) is 5.64. The fourth-order valence-electron chi connectivity index (χ4n) is 3.93. The first-order valence-corrected chi connectivity index (χ1v) is 10.5. The Morgan fingerprint density at radius 3 is 2.41 bits per heavy atom. The van der Waals surface area contributed by atoms with Crippen molar-refractivity contribution < 1.29 is 14.6 Å². The first-order chi connectivity index (χ1) is 14.1. The summed E-state index contributed by atoms with van der Waals surface area (Å²) in [6.07, 6.45) is 9.90. The summed E-state index contributed by atoms with van der Waals surface area (Å²) < 4.78 is 5.82.